The van der Waals surface area contributed by atoms with Crippen molar-refractivity contribution in [3.05, 3.63) is 15.9 Å². The minimum Gasteiger partial charge on any atom is -0.481 e. The molecule has 0 saturated heterocycles. The molecule has 0 amide bonds. The Labute approximate surface area is 111 Å². The fourth-order valence-corrected chi connectivity index (χ4v) is 4.92. The second kappa shape index (κ2) is 4.68. The van der Waals surface area contributed by atoms with E-state index in [4.69, 9.17) is 5.11 Å². The molecule has 1 aromatic heterocycles. The Morgan fingerprint density at radius 1 is 1.47 bits per heavy atom. The predicted molar refractivity (Wildman–Crippen MR) is 66.5 cm³/mol. The first kappa shape index (κ1) is 13.0. The highest BCUT2D eigenvalue weighted by atomic mass is 79.9. The molecule has 1 aliphatic rings. The minimum atomic E-state index is -3.50. The zero-order valence-corrected chi connectivity index (χ0v) is 11.8. The summed E-state index contributed by atoms with van der Waals surface area (Å²) in [6.45, 7) is 0. The van der Waals surface area contributed by atoms with Crippen LogP contribution in [-0.2, 0) is 14.8 Å². The summed E-state index contributed by atoms with van der Waals surface area (Å²) >= 11 is 4.33. The Hall–Kier alpha value is -0.440. The van der Waals surface area contributed by atoms with Gasteiger partial charge in [0.15, 0.2) is 0 Å². The number of rotatable bonds is 4. The second-order valence-electron chi connectivity index (χ2n) is 3.88. The summed E-state index contributed by atoms with van der Waals surface area (Å²) in [5.41, 5.74) is 0. The predicted octanol–water partition coefficient (Wildman–Crippen LogP) is 1.65. The highest BCUT2D eigenvalue weighted by molar-refractivity contribution is 9.11. The van der Waals surface area contributed by atoms with E-state index in [0.717, 1.165) is 15.1 Å². The summed E-state index contributed by atoms with van der Waals surface area (Å²) in [6, 6.07) is 2.92. The molecule has 0 unspecified atom stereocenters. The number of thiophene rings is 1. The molecule has 1 fully saturated rings. The van der Waals surface area contributed by atoms with Crippen LogP contribution in [0, 0.1) is 5.92 Å². The van der Waals surface area contributed by atoms with Gasteiger partial charge < -0.3 is 5.11 Å². The Morgan fingerprint density at radius 2 is 2.12 bits per heavy atom. The van der Waals surface area contributed by atoms with Crippen LogP contribution >= 0.6 is 27.3 Å². The maximum absolute atomic E-state index is 11.9. The lowest BCUT2D eigenvalue weighted by Gasteiger charge is -2.32. The molecule has 2 rings (SSSR count). The van der Waals surface area contributed by atoms with Gasteiger partial charge in [-0.05, 0) is 40.9 Å². The number of halogens is 1. The fraction of sp³-hybridized carbons (Fsp3) is 0.444. The number of carboxylic acids is 1. The minimum absolute atomic E-state index is 0.239. The van der Waals surface area contributed by atoms with Crippen LogP contribution in [0.25, 0.3) is 0 Å². The number of aliphatic carboxylic acids is 1. The first-order valence-electron chi connectivity index (χ1n) is 4.89. The van der Waals surface area contributed by atoms with E-state index in [-0.39, 0.29) is 10.3 Å². The molecule has 1 aromatic rings. The van der Waals surface area contributed by atoms with Crippen molar-refractivity contribution in [2.45, 2.75) is 23.1 Å². The highest BCUT2D eigenvalue weighted by Gasteiger charge is 2.37. The standard InChI is InChI=1S/C9H10BrNO4S2/c10-7-1-2-8(16-7)17(14,15)11-6-3-5(4-6)9(12)13/h1-2,5-6,11H,3-4H2,(H,12,13). The normalized spacial score (nSPS) is 24.3. The van der Waals surface area contributed by atoms with Crippen LogP contribution in [0.4, 0.5) is 0 Å². The van der Waals surface area contributed by atoms with Crippen LogP contribution in [0.5, 0.6) is 0 Å². The van der Waals surface area contributed by atoms with Crippen molar-refractivity contribution in [3.8, 4) is 0 Å². The van der Waals surface area contributed by atoms with Gasteiger partial charge in [-0.2, -0.15) is 0 Å². The van der Waals surface area contributed by atoms with Crippen LogP contribution in [0.3, 0.4) is 0 Å². The smallest absolute Gasteiger partial charge is 0.306 e. The molecule has 1 heterocycles. The van der Waals surface area contributed by atoms with E-state index in [0.29, 0.717) is 12.8 Å². The Bertz CT molecular complexity index is 533. The number of carboxylic acid groups (broad SMARTS) is 1. The molecule has 0 spiro atoms. The van der Waals surface area contributed by atoms with Gasteiger partial charge in [0, 0.05) is 6.04 Å². The molecule has 1 aliphatic carbocycles. The van der Waals surface area contributed by atoms with Crippen molar-refractivity contribution < 1.29 is 18.3 Å². The number of sulfonamides is 1. The maximum Gasteiger partial charge on any atom is 0.306 e. The van der Waals surface area contributed by atoms with E-state index in [2.05, 4.69) is 20.7 Å². The van der Waals surface area contributed by atoms with Gasteiger partial charge in [-0.1, -0.05) is 0 Å². The largest absolute Gasteiger partial charge is 0.481 e. The highest BCUT2D eigenvalue weighted by Crippen LogP contribution is 2.31. The van der Waals surface area contributed by atoms with Gasteiger partial charge in [-0.15, -0.1) is 11.3 Å². The van der Waals surface area contributed by atoms with E-state index in [1.807, 2.05) is 0 Å². The van der Waals surface area contributed by atoms with E-state index in [9.17, 15) is 13.2 Å². The van der Waals surface area contributed by atoms with Gasteiger partial charge in [0.2, 0.25) is 10.0 Å². The van der Waals surface area contributed by atoms with Crippen LogP contribution in [0.1, 0.15) is 12.8 Å². The third-order valence-corrected chi connectivity index (χ3v) is 6.26. The van der Waals surface area contributed by atoms with Crippen LogP contribution < -0.4 is 4.72 Å². The van der Waals surface area contributed by atoms with Gasteiger partial charge in [0.05, 0.1) is 9.70 Å². The Kier molecular flexibility index (Phi) is 3.58. The summed E-state index contributed by atoms with van der Waals surface area (Å²) in [7, 11) is -3.50. The van der Waals surface area contributed by atoms with Crippen LogP contribution in [-0.4, -0.2) is 25.5 Å². The first-order chi connectivity index (χ1) is 7.88. The molecular formula is C9H10BrNO4S2. The van der Waals surface area contributed by atoms with Gasteiger partial charge in [-0.3, -0.25) is 4.79 Å². The van der Waals surface area contributed by atoms with Gasteiger partial charge in [0.1, 0.15) is 4.21 Å². The Morgan fingerprint density at radius 3 is 2.59 bits per heavy atom. The third kappa shape index (κ3) is 2.87. The SMILES string of the molecule is O=C(O)C1CC(NS(=O)(=O)c2ccc(Br)s2)C1. The van der Waals surface area contributed by atoms with Crippen molar-refractivity contribution in [3.63, 3.8) is 0 Å². The van der Waals surface area contributed by atoms with Gasteiger partial charge in [0.25, 0.3) is 0 Å². The third-order valence-electron chi connectivity index (χ3n) is 2.62. The maximum atomic E-state index is 11.9. The number of hydrogen-bond donors (Lipinski definition) is 2. The van der Waals surface area contributed by atoms with Crippen LogP contribution in [0.15, 0.2) is 20.1 Å². The average Bonchev–Trinajstić information content (AvgIpc) is 2.57. The van der Waals surface area contributed by atoms with E-state index < -0.39 is 21.9 Å². The molecule has 8 heteroatoms. The summed E-state index contributed by atoms with van der Waals surface area (Å²) in [5.74, 6) is -1.28. The molecule has 0 aromatic carbocycles. The number of nitrogens with one attached hydrogen (secondary N) is 1. The van der Waals surface area contributed by atoms with Crippen molar-refractivity contribution in [1.29, 1.82) is 0 Å². The lowest BCUT2D eigenvalue weighted by Crippen LogP contribution is -2.46. The van der Waals surface area contributed by atoms with Gasteiger partial charge in [-0.25, -0.2) is 13.1 Å². The lowest BCUT2D eigenvalue weighted by atomic mass is 9.81. The van der Waals surface area contributed by atoms with E-state index >= 15 is 0 Å². The molecule has 0 radical (unpaired) electrons. The molecule has 2 N–H and O–H groups in total. The number of hydrogen-bond acceptors (Lipinski definition) is 4. The van der Waals surface area contributed by atoms with Crippen molar-refractivity contribution in [2.75, 3.05) is 0 Å². The second-order valence-corrected chi connectivity index (χ2v) is 8.29. The number of carbonyl (C=O) groups is 1. The van der Waals surface area contributed by atoms with E-state index in [1.54, 1.807) is 6.07 Å². The lowest BCUT2D eigenvalue weighted by molar-refractivity contribution is -0.145. The molecular weight excluding hydrogens is 330 g/mol. The molecule has 17 heavy (non-hydrogen) atoms. The fourth-order valence-electron chi connectivity index (χ4n) is 1.64. The molecule has 0 aliphatic heterocycles. The molecule has 5 nitrogen and oxygen atoms in total. The molecule has 0 atom stereocenters. The van der Waals surface area contributed by atoms with Crippen molar-refractivity contribution in [1.82, 2.24) is 4.72 Å². The van der Waals surface area contributed by atoms with Gasteiger partial charge >= 0.3 is 5.97 Å². The molecule has 1 saturated carbocycles. The monoisotopic (exact) mass is 339 g/mol. The van der Waals surface area contributed by atoms with Crippen molar-refractivity contribution in [2.24, 2.45) is 5.92 Å². The molecule has 0 bridgehead atoms. The zero-order chi connectivity index (χ0) is 12.6. The first-order valence-corrected chi connectivity index (χ1v) is 7.98. The quantitative estimate of drug-likeness (QED) is 0.873. The van der Waals surface area contributed by atoms with E-state index in [1.165, 1.54) is 6.07 Å². The zero-order valence-electron chi connectivity index (χ0n) is 8.59. The topological polar surface area (TPSA) is 83.5 Å². The summed E-state index contributed by atoms with van der Waals surface area (Å²) in [4.78, 5) is 10.6. The Balaban J connectivity index is 1.98. The average molecular weight is 340 g/mol. The summed E-state index contributed by atoms with van der Waals surface area (Å²) in [5, 5.41) is 8.69. The summed E-state index contributed by atoms with van der Waals surface area (Å²) < 4.78 is 27.2. The molecule has 94 valence electrons. The van der Waals surface area contributed by atoms with Crippen molar-refractivity contribution >= 4 is 43.3 Å². The summed E-state index contributed by atoms with van der Waals surface area (Å²) in [6.07, 6.45) is 0.724. The van der Waals surface area contributed by atoms with Crippen LogP contribution in [0.2, 0.25) is 0 Å².